The lowest BCUT2D eigenvalue weighted by Crippen LogP contribution is -2.03. The Bertz CT molecular complexity index is 352. The summed E-state index contributed by atoms with van der Waals surface area (Å²) in [4.78, 5) is 0. The Kier molecular flexibility index (Phi) is 8.02. The van der Waals surface area contributed by atoms with E-state index in [1.165, 1.54) is 0 Å². The highest BCUT2D eigenvalue weighted by atomic mass is 16.5. The molecule has 108 valence electrons. The number of unbranched alkanes of at least 4 members (excludes halogenated alkanes) is 1. The first-order valence-corrected chi connectivity index (χ1v) is 6.80. The molecule has 0 bridgehead atoms. The van der Waals surface area contributed by atoms with Gasteiger partial charge < -0.3 is 19.3 Å². The average molecular weight is 268 g/mol. The number of hydrogen-bond donors (Lipinski definition) is 1. The Morgan fingerprint density at radius 2 is 1.84 bits per heavy atom. The molecule has 0 heterocycles. The smallest absolute Gasteiger partial charge is 0.128 e. The number of benzene rings is 1. The third-order valence-electron chi connectivity index (χ3n) is 2.68. The molecule has 4 nitrogen and oxygen atoms in total. The minimum Gasteiger partial charge on any atom is -0.493 e. The second-order valence-corrected chi connectivity index (χ2v) is 4.32. The van der Waals surface area contributed by atoms with Gasteiger partial charge in [0.1, 0.15) is 11.5 Å². The van der Waals surface area contributed by atoms with Gasteiger partial charge in [-0.3, -0.25) is 0 Å². The zero-order valence-electron chi connectivity index (χ0n) is 11.9. The van der Waals surface area contributed by atoms with E-state index in [-0.39, 0.29) is 6.61 Å². The van der Waals surface area contributed by atoms with Crippen molar-refractivity contribution in [2.75, 3.05) is 26.9 Å². The number of methoxy groups -OCH3 is 1. The number of hydrogen-bond acceptors (Lipinski definition) is 4. The molecular formula is C15H24O4. The fraction of sp³-hybridized carbons (Fsp3) is 0.600. The zero-order valence-corrected chi connectivity index (χ0v) is 11.9. The van der Waals surface area contributed by atoms with Crippen LogP contribution in [0.15, 0.2) is 18.2 Å². The molecule has 0 aliphatic carbocycles. The van der Waals surface area contributed by atoms with Crippen LogP contribution in [0.5, 0.6) is 11.5 Å². The first-order valence-electron chi connectivity index (χ1n) is 6.80. The van der Waals surface area contributed by atoms with Crippen molar-refractivity contribution < 1.29 is 19.3 Å². The van der Waals surface area contributed by atoms with Gasteiger partial charge in [0.15, 0.2) is 0 Å². The van der Waals surface area contributed by atoms with Gasteiger partial charge in [-0.25, -0.2) is 0 Å². The molecule has 0 atom stereocenters. The number of aliphatic hydroxyl groups excluding tert-OH is 1. The molecular weight excluding hydrogens is 244 g/mol. The molecule has 1 aromatic rings. The molecule has 0 unspecified atom stereocenters. The molecule has 0 aliphatic heterocycles. The van der Waals surface area contributed by atoms with Gasteiger partial charge in [-0.2, -0.15) is 0 Å². The zero-order chi connectivity index (χ0) is 13.9. The Labute approximate surface area is 115 Å². The van der Waals surface area contributed by atoms with Gasteiger partial charge in [0, 0.05) is 25.3 Å². The summed E-state index contributed by atoms with van der Waals surface area (Å²) in [6.07, 6.45) is 2.87. The second-order valence-electron chi connectivity index (χ2n) is 4.32. The van der Waals surface area contributed by atoms with Crippen molar-refractivity contribution in [2.45, 2.75) is 32.8 Å². The summed E-state index contributed by atoms with van der Waals surface area (Å²) in [5.41, 5.74) is 0.788. The normalized spacial score (nSPS) is 10.5. The highest BCUT2D eigenvalue weighted by Gasteiger charge is 2.05. The van der Waals surface area contributed by atoms with Crippen molar-refractivity contribution in [3.05, 3.63) is 23.8 Å². The van der Waals surface area contributed by atoms with Crippen molar-refractivity contribution in [3.63, 3.8) is 0 Å². The number of rotatable bonds is 10. The van der Waals surface area contributed by atoms with Gasteiger partial charge >= 0.3 is 0 Å². The SMILES string of the molecule is CCCOc1ccc(CO)c(OCCCCOC)c1. The van der Waals surface area contributed by atoms with Crippen molar-refractivity contribution in [2.24, 2.45) is 0 Å². The van der Waals surface area contributed by atoms with Crippen molar-refractivity contribution in [1.82, 2.24) is 0 Å². The van der Waals surface area contributed by atoms with E-state index in [4.69, 9.17) is 14.2 Å². The van der Waals surface area contributed by atoms with Crippen LogP contribution in [0.25, 0.3) is 0 Å². The first kappa shape index (κ1) is 15.8. The van der Waals surface area contributed by atoms with Gasteiger partial charge in [0.05, 0.1) is 19.8 Å². The van der Waals surface area contributed by atoms with Crippen LogP contribution in [0.1, 0.15) is 31.7 Å². The van der Waals surface area contributed by atoms with Gasteiger partial charge in [0.25, 0.3) is 0 Å². The van der Waals surface area contributed by atoms with E-state index >= 15 is 0 Å². The summed E-state index contributed by atoms with van der Waals surface area (Å²) in [5.74, 6) is 1.49. The lowest BCUT2D eigenvalue weighted by molar-refractivity contribution is 0.183. The quantitative estimate of drug-likeness (QED) is 0.663. The third-order valence-corrected chi connectivity index (χ3v) is 2.68. The molecule has 0 radical (unpaired) electrons. The van der Waals surface area contributed by atoms with Crippen LogP contribution >= 0.6 is 0 Å². The van der Waals surface area contributed by atoms with Crippen molar-refractivity contribution in [1.29, 1.82) is 0 Å². The molecule has 1 rings (SSSR count). The van der Waals surface area contributed by atoms with E-state index in [9.17, 15) is 5.11 Å². The van der Waals surface area contributed by atoms with Crippen LogP contribution in [0.3, 0.4) is 0 Å². The Hall–Kier alpha value is -1.26. The van der Waals surface area contributed by atoms with Crippen LogP contribution < -0.4 is 9.47 Å². The molecule has 0 amide bonds. The minimum atomic E-state index is -0.0263. The Balaban J connectivity index is 2.52. The van der Waals surface area contributed by atoms with Crippen LogP contribution in [-0.2, 0) is 11.3 Å². The fourth-order valence-electron chi connectivity index (χ4n) is 1.64. The molecule has 19 heavy (non-hydrogen) atoms. The predicted molar refractivity (Wildman–Crippen MR) is 74.8 cm³/mol. The second kappa shape index (κ2) is 9.64. The summed E-state index contributed by atoms with van der Waals surface area (Å²) in [6, 6.07) is 5.55. The first-order chi connectivity index (χ1) is 9.31. The Morgan fingerprint density at radius 3 is 2.53 bits per heavy atom. The molecule has 0 aliphatic rings. The maximum atomic E-state index is 9.29. The van der Waals surface area contributed by atoms with Crippen LogP contribution in [0, 0.1) is 0 Å². The maximum Gasteiger partial charge on any atom is 0.128 e. The van der Waals surface area contributed by atoms with E-state index in [2.05, 4.69) is 6.92 Å². The maximum absolute atomic E-state index is 9.29. The highest BCUT2D eigenvalue weighted by Crippen LogP contribution is 2.25. The van der Waals surface area contributed by atoms with Crippen molar-refractivity contribution >= 4 is 0 Å². The van der Waals surface area contributed by atoms with E-state index in [1.54, 1.807) is 7.11 Å². The molecule has 4 heteroatoms. The molecule has 0 saturated carbocycles. The summed E-state index contributed by atoms with van der Waals surface area (Å²) >= 11 is 0. The summed E-state index contributed by atoms with van der Waals surface area (Å²) in [6.45, 7) is 4.09. The topological polar surface area (TPSA) is 47.9 Å². The van der Waals surface area contributed by atoms with Crippen LogP contribution in [0.4, 0.5) is 0 Å². The van der Waals surface area contributed by atoms with E-state index < -0.39 is 0 Å². The Morgan fingerprint density at radius 1 is 1.05 bits per heavy atom. The molecule has 0 spiro atoms. The average Bonchev–Trinajstić information content (AvgIpc) is 2.45. The summed E-state index contributed by atoms with van der Waals surface area (Å²) in [7, 11) is 1.69. The lowest BCUT2D eigenvalue weighted by atomic mass is 10.2. The van der Waals surface area contributed by atoms with E-state index in [1.807, 2.05) is 18.2 Å². The molecule has 1 N–H and O–H groups in total. The monoisotopic (exact) mass is 268 g/mol. The summed E-state index contributed by atoms with van der Waals surface area (Å²) in [5, 5.41) is 9.29. The molecule has 0 fully saturated rings. The highest BCUT2D eigenvalue weighted by molar-refractivity contribution is 5.40. The molecule has 1 aromatic carbocycles. The largest absolute Gasteiger partial charge is 0.493 e. The molecule has 0 saturated heterocycles. The predicted octanol–water partition coefficient (Wildman–Crippen LogP) is 2.77. The standard InChI is InChI=1S/C15H24O4/c1-3-8-18-14-7-6-13(12-16)15(11-14)19-10-5-4-9-17-2/h6-7,11,16H,3-5,8-10,12H2,1-2H3. The number of ether oxygens (including phenoxy) is 3. The third kappa shape index (κ3) is 5.94. The molecule has 0 aromatic heterocycles. The van der Waals surface area contributed by atoms with Gasteiger partial charge in [0.2, 0.25) is 0 Å². The van der Waals surface area contributed by atoms with Gasteiger partial charge in [-0.15, -0.1) is 0 Å². The number of aliphatic hydroxyl groups is 1. The van der Waals surface area contributed by atoms with E-state index in [0.29, 0.717) is 19.0 Å². The van der Waals surface area contributed by atoms with Crippen molar-refractivity contribution in [3.8, 4) is 11.5 Å². The lowest BCUT2D eigenvalue weighted by Gasteiger charge is -2.12. The van der Waals surface area contributed by atoms with E-state index in [0.717, 1.165) is 37.2 Å². The van der Waals surface area contributed by atoms with Crippen LogP contribution in [0.2, 0.25) is 0 Å². The fourth-order valence-corrected chi connectivity index (χ4v) is 1.64. The van der Waals surface area contributed by atoms with Gasteiger partial charge in [-0.1, -0.05) is 6.92 Å². The van der Waals surface area contributed by atoms with Crippen LogP contribution in [-0.4, -0.2) is 32.0 Å². The minimum absolute atomic E-state index is 0.0263. The summed E-state index contributed by atoms with van der Waals surface area (Å²) < 4.78 is 16.2. The van der Waals surface area contributed by atoms with Gasteiger partial charge in [-0.05, 0) is 31.4 Å².